The quantitative estimate of drug-likeness (QED) is 0.885. The lowest BCUT2D eigenvalue weighted by atomic mass is 9.85. The van der Waals surface area contributed by atoms with Gasteiger partial charge in [-0.1, -0.05) is 6.07 Å². The standard InChI is InChI=1S/C14H18F3NO3S/c15-14(16,17)10-2-1-3-12(8-10)22(20,21)11-4-6-13(19,9-18)7-5-11/h1-3,8,11,19H,4-7,9,18H2/t11-,13-. The summed E-state index contributed by atoms with van der Waals surface area (Å²) in [7, 11) is -3.86. The molecule has 0 aromatic heterocycles. The molecule has 3 N–H and O–H groups in total. The van der Waals surface area contributed by atoms with Crippen molar-refractivity contribution in [2.75, 3.05) is 6.54 Å². The van der Waals surface area contributed by atoms with Crippen LogP contribution in [0.5, 0.6) is 0 Å². The molecule has 8 heteroatoms. The van der Waals surface area contributed by atoms with E-state index in [1.54, 1.807) is 0 Å². The fraction of sp³-hybridized carbons (Fsp3) is 0.571. The molecule has 0 amide bonds. The van der Waals surface area contributed by atoms with E-state index in [0.717, 1.165) is 12.1 Å². The van der Waals surface area contributed by atoms with Gasteiger partial charge in [-0.2, -0.15) is 13.2 Å². The molecule has 1 aliphatic rings. The first-order valence-corrected chi connectivity index (χ1v) is 8.47. The van der Waals surface area contributed by atoms with Crippen molar-refractivity contribution in [1.82, 2.24) is 0 Å². The Labute approximate surface area is 127 Å². The topological polar surface area (TPSA) is 80.4 Å². The summed E-state index contributed by atoms with van der Waals surface area (Å²) in [5.74, 6) is 0. The second-order valence-corrected chi connectivity index (χ2v) is 7.93. The first-order valence-electron chi connectivity index (χ1n) is 6.92. The number of alkyl halides is 3. The maximum absolute atomic E-state index is 12.7. The molecule has 1 fully saturated rings. The van der Waals surface area contributed by atoms with Crippen molar-refractivity contribution in [2.45, 2.75) is 47.6 Å². The van der Waals surface area contributed by atoms with Gasteiger partial charge in [0.2, 0.25) is 0 Å². The van der Waals surface area contributed by atoms with Crippen LogP contribution in [-0.4, -0.2) is 30.9 Å². The Bertz CT molecular complexity index is 635. The number of halogens is 3. The SMILES string of the molecule is NC[C@]1(O)CC[C@H](S(=O)(=O)c2cccc(C(F)(F)F)c2)CC1. The predicted molar refractivity (Wildman–Crippen MR) is 74.9 cm³/mol. The summed E-state index contributed by atoms with van der Waals surface area (Å²) < 4.78 is 63.1. The molecule has 0 unspecified atom stereocenters. The lowest BCUT2D eigenvalue weighted by Crippen LogP contribution is -2.43. The zero-order chi connectivity index (χ0) is 16.6. The van der Waals surface area contributed by atoms with E-state index in [2.05, 4.69) is 0 Å². The van der Waals surface area contributed by atoms with E-state index in [9.17, 15) is 26.7 Å². The van der Waals surface area contributed by atoms with Gasteiger partial charge in [-0.15, -0.1) is 0 Å². The van der Waals surface area contributed by atoms with Crippen LogP contribution in [0, 0.1) is 0 Å². The summed E-state index contributed by atoms with van der Waals surface area (Å²) in [6.45, 7) is 0.0450. The fourth-order valence-electron chi connectivity index (χ4n) is 2.68. The molecule has 22 heavy (non-hydrogen) atoms. The molecule has 0 atom stereocenters. The number of nitrogens with two attached hydrogens (primary N) is 1. The van der Waals surface area contributed by atoms with Gasteiger partial charge >= 0.3 is 6.18 Å². The minimum Gasteiger partial charge on any atom is -0.389 e. The molecule has 4 nitrogen and oxygen atoms in total. The van der Waals surface area contributed by atoms with Crippen LogP contribution in [0.1, 0.15) is 31.2 Å². The molecule has 0 radical (unpaired) electrons. The smallest absolute Gasteiger partial charge is 0.389 e. The largest absolute Gasteiger partial charge is 0.416 e. The summed E-state index contributed by atoms with van der Waals surface area (Å²) in [5.41, 5.74) is 3.39. The highest BCUT2D eigenvalue weighted by molar-refractivity contribution is 7.92. The van der Waals surface area contributed by atoms with E-state index in [1.165, 1.54) is 6.07 Å². The monoisotopic (exact) mass is 337 g/mol. The second-order valence-electron chi connectivity index (χ2n) is 5.70. The summed E-state index contributed by atoms with van der Waals surface area (Å²) >= 11 is 0. The lowest BCUT2D eigenvalue weighted by molar-refractivity contribution is -0.137. The number of sulfone groups is 1. The van der Waals surface area contributed by atoms with Crippen molar-refractivity contribution in [2.24, 2.45) is 5.73 Å². The van der Waals surface area contributed by atoms with E-state index < -0.39 is 32.4 Å². The number of rotatable bonds is 3. The van der Waals surface area contributed by atoms with Crippen LogP contribution in [0.15, 0.2) is 29.2 Å². The third kappa shape index (κ3) is 3.44. The average molecular weight is 337 g/mol. The zero-order valence-corrected chi connectivity index (χ0v) is 12.6. The highest BCUT2D eigenvalue weighted by Crippen LogP contribution is 2.36. The Kier molecular flexibility index (Phi) is 4.56. The van der Waals surface area contributed by atoms with Crippen molar-refractivity contribution in [3.8, 4) is 0 Å². The molecular formula is C14H18F3NO3S. The van der Waals surface area contributed by atoms with E-state index in [0.29, 0.717) is 6.07 Å². The summed E-state index contributed by atoms with van der Waals surface area (Å²) in [6.07, 6.45) is -3.75. The zero-order valence-electron chi connectivity index (χ0n) is 11.8. The molecule has 0 saturated heterocycles. The van der Waals surface area contributed by atoms with Crippen LogP contribution in [-0.2, 0) is 16.0 Å². The van der Waals surface area contributed by atoms with Gasteiger partial charge in [-0.05, 0) is 43.9 Å². The average Bonchev–Trinajstić information content (AvgIpc) is 2.47. The third-order valence-corrected chi connectivity index (χ3v) is 6.43. The fourth-order valence-corrected chi connectivity index (χ4v) is 4.49. The highest BCUT2D eigenvalue weighted by Gasteiger charge is 2.39. The van der Waals surface area contributed by atoms with Crippen molar-refractivity contribution < 1.29 is 26.7 Å². The number of hydrogen-bond acceptors (Lipinski definition) is 4. The maximum Gasteiger partial charge on any atom is 0.416 e. The van der Waals surface area contributed by atoms with Gasteiger partial charge in [0, 0.05) is 6.54 Å². The predicted octanol–water partition coefficient (Wildman–Crippen LogP) is 2.11. The first kappa shape index (κ1) is 17.2. The molecule has 0 aliphatic heterocycles. The van der Waals surface area contributed by atoms with Crippen molar-refractivity contribution >= 4 is 9.84 Å². The molecule has 2 rings (SSSR count). The van der Waals surface area contributed by atoms with E-state index >= 15 is 0 Å². The lowest BCUT2D eigenvalue weighted by Gasteiger charge is -2.34. The second kappa shape index (κ2) is 5.82. The van der Waals surface area contributed by atoms with E-state index in [4.69, 9.17) is 5.73 Å². The highest BCUT2D eigenvalue weighted by atomic mass is 32.2. The minimum absolute atomic E-state index is 0.0450. The molecule has 1 aliphatic carbocycles. The van der Waals surface area contributed by atoms with Gasteiger partial charge in [-0.3, -0.25) is 0 Å². The maximum atomic E-state index is 12.7. The Morgan fingerprint density at radius 2 is 1.86 bits per heavy atom. The number of hydrogen-bond donors (Lipinski definition) is 2. The van der Waals surface area contributed by atoms with Gasteiger partial charge in [0.25, 0.3) is 0 Å². The Morgan fingerprint density at radius 1 is 1.27 bits per heavy atom. The first-order chi connectivity index (χ1) is 10.1. The molecular weight excluding hydrogens is 319 g/mol. The third-order valence-electron chi connectivity index (χ3n) is 4.17. The normalized spacial score (nSPS) is 26.9. The van der Waals surface area contributed by atoms with Crippen LogP contribution >= 0.6 is 0 Å². The van der Waals surface area contributed by atoms with E-state index in [1.807, 2.05) is 0 Å². The summed E-state index contributed by atoms with van der Waals surface area (Å²) in [6, 6.07) is 3.77. The summed E-state index contributed by atoms with van der Waals surface area (Å²) in [5, 5.41) is 9.23. The Morgan fingerprint density at radius 3 is 2.36 bits per heavy atom. The van der Waals surface area contributed by atoms with E-state index in [-0.39, 0.29) is 37.1 Å². The van der Waals surface area contributed by atoms with Crippen LogP contribution in [0.25, 0.3) is 0 Å². The van der Waals surface area contributed by atoms with Crippen LogP contribution in [0.2, 0.25) is 0 Å². The van der Waals surface area contributed by atoms with Gasteiger partial charge in [0.05, 0.1) is 21.3 Å². The molecule has 1 aromatic rings. The van der Waals surface area contributed by atoms with Gasteiger partial charge < -0.3 is 10.8 Å². The molecule has 1 aromatic carbocycles. The Hall–Kier alpha value is -1.12. The molecule has 0 spiro atoms. The molecule has 1 saturated carbocycles. The van der Waals surface area contributed by atoms with Crippen molar-refractivity contribution in [1.29, 1.82) is 0 Å². The minimum atomic E-state index is -4.59. The Balaban J connectivity index is 2.25. The van der Waals surface area contributed by atoms with Crippen LogP contribution in [0.4, 0.5) is 13.2 Å². The van der Waals surface area contributed by atoms with Crippen LogP contribution in [0.3, 0.4) is 0 Å². The van der Waals surface area contributed by atoms with Crippen LogP contribution < -0.4 is 5.73 Å². The van der Waals surface area contributed by atoms with Crippen molar-refractivity contribution in [3.05, 3.63) is 29.8 Å². The molecule has 124 valence electrons. The molecule has 0 bridgehead atoms. The number of benzene rings is 1. The summed E-state index contributed by atoms with van der Waals surface area (Å²) in [4.78, 5) is -0.328. The van der Waals surface area contributed by atoms with Gasteiger partial charge in [-0.25, -0.2) is 8.42 Å². The van der Waals surface area contributed by atoms with Gasteiger partial charge in [0.1, 0.15) is 0 Å². The molecule has 0 heterocycles. The van der Waals surface area contributed by atoms with Crippen molar-refractivity contribution in [3.63, 3.8) is 0 Å². The number of aliphatic hydroxyl groups is 1. The van der Waals surface area contributed by atoms with Gasteiger partial charge in [0.15, 0.2) is 9.84 Å².